The number of nitrogens with zero attached hydrogens (tertiary/aromatic N) is 2. The minimum atomic E-state index is -0.905. The van der Waals surface area contributed by atoms with Crippen molar-refractivity contribution in [3.05, 3.63) is 35.3 Å². The molecule has 0 aliphatic heterocycles. The summed E-state index contributed by atoms with van der Waals surface area (Å²) in [4.78, 5) is 15.3. The number of carboxylic acids is 1. The van der Waals surface area contributed by atoms with Gasteiger partial charge in [0.25, 0.3) is 0 Å². The van der Waals surface area contributed by atoms with Gasteiger partial charge in [-0.2, -0.15) is 0 Å². The first kappa shape index (κ1) is 9.39. The number of aryl methyl sites for hydroxylation is 1. The van der Waals surface area contributed by atoms with E-state index in [0.717, 1.165) is 18.4 Å². The van der Waals surface area contributed by atoms with Gasteiger partial charge in [-0.3, -0.25) is 0 Å². The van der Waals surface area contributed by atoms with Crippen LogP contribution in [-0.4, -0.2) is 20.5 Å². The number of hydrogen-bond donors (Lipinski definition) is 1. The zero-order chi connectivity index (χ0) is 11.3. The minimum absolute atomic E-state index is 0.303. The van der Waals surface area contributed by atoms with Gasteiger partial charge in [0.05, 0.1) is 0 Å². The van der Waals surface area contributed by atoms with Crippen molar-refractivity contribution in [2.75, 3.05) is 0 Å². The highest BCUT2D eigenvalue weighted by Gasteiger charge is 2.24. The van der Waals surface area contributed by atoms with Gasteiger partial charge in [-0.25, -0.2) is 9.78 Å². The maximum atomic E-state index is 11.2. The van der Waals surface area contributed by atoms with Crippen molar-refractivity contribution in [1.29, 1.82) is 0 Å². The zero-order valence-corrected chi connectivity index (χ0v) is 8.97. The highest BCUT2D eigenvalue weighted by molar-refractivity contribution is 5.94. The largest absolute Gasteiger partial charge is 0.478 e. The van der Waals surface area contributed by atoms with Gasteiger partial charge >= 0.3 is 5.97 Å². The van der Waals surface area contributed by atoms with E-state index in [4.69, 9.17) is 5.11 Å². The second-order valence-electron chi connectivity index (χ2n) is 4.33. The van der Waals surface area contributed by atoms with Crippen LogP contribution >= 0.6 is 0 Å². The van der Waals surface area contributed by atoms with E-state index in [1.807, 2.05) is 10.6 Å². The van der Waals surface area contributed by atoms with Crippen LogP contribution in [0.25, 0.3) is 5.65 Å². The number of aromatic nitrogens is 2. The van der Waals surface area contributed by atoms with Gasteiger partial charge in [-0.15, -0.1) is 0 Å². The average Bonchev–Trinajstić information content (AvgIpc) is 2.83. The lowest BCUT2D eigenvalue weighted by molar-refractivity contribution is 0.0698. The number of pyridine rings is 1. The summed E-state index contributed by atoms with van der Waals surface area (Å²) in [5.74, 6) is -0.460. The van der Waals surface area contributed by atoms with Crippen molar-refractivity contribution in [3.8, 4) is 0 Å². The smallest absolute Gasteiger partial charge is 0.339 e. The van der Waals surface area contributed by atoms with Gasteiger partial charge in [0.1, 0.15) is 5.56 Å². The number of imidazole rings is 1. The Hall–Kier alpha value is -1.84. The fraction of sp³-hybridized carbons (Fsp3) is 0.333. The summed E-state index contributed by atoms with van der Waals surface area (Å²) in [6.07, 6.45) is 5.60. The number of fused-ring (bicyclic) bond motifs is 3. The summed E-state index contributed by atoms with van der Waals surface area (Å²) in [5, 5.41) is 9.17. The lowest BCUT2D eigenvalue weighted by Gasteiger charge is -2.08. The van der Waals surface area contributed by atoms with Crippen molar-refractivity contribution in [2.24, 2.45) is 0 Å². The Kier molecular flexibility index (Phi) is 1.80. The number of carbonyl (C=O) groups is 1. The predicted octanol–water partition coefficient (Wildman–Crippen LogP) is 2.08. The Morgan fingerprint density at radius 3 is 3.19 bits per heavy atom. The second-order valence-corrected chi connectivity index (χ2v) is 4.33. The molecule has 0 bridgehead atoms. The molecule has 4 heteroatoms. The van der Waals surface area contributed by atoms with Crippen LogP contribution in [0.1, 0.15) is 40.9 Å². The first-order valence-electron chi connectivity index (χ1n) is 5.40. The normalized spacial score (nSPS) is 18.9. The summed E-state index contributed by atoms with van der Waals surface area (Å²) in [5.41, 5.74) is 3.23. The third kappa shape index (κ3) is 1.10. The topological polar surface area (TPSA) is 54.6 Å². The monoisotopic (exact) mass is 216 g/mol. The maximum Gasteiger partial charge on any atom is 0.339 e. The van der Waals surface area contributed by atoms with Crippen LogP contribution in [0.4, 0.5) is 0 Å². The van der Waals surface area contributed by atoms with Gasteiger partial charge in [0, 0.05) is 18.1 Å². The van der Waals surface area contributed by atoms with Crippen LogP contribution in [0, 0.1) is 0 Å². The number of hydrogen-bond acceptors (Lipinski definition) is 2. The van der Waals surface area contributed by atoms with Gasteiger partial charge in [-0.1, -0.05) is 6.92 Å². The summed E-state index contributed by atoms with van der Waals surface area (Å²) in [6.45, 7) is 2.14. The third-order valence-corrected chi connectivity index (χ3v) is 3.38. The number of rotatable bonds is 1. The van der Waals surface area contributed by atoms with Crippen LogP contribution in [0.5, 0.6) is 0 Å². The predicted molar refractivity (Wildman–Crippen MR) is 58.9 cm³/mol. The maximum absolute atomic E-state index is 11.2. The van der Waals surface area contributed by atoms with Crippen molar-refractivity contribution >= 4 is 11.6 Å². The van der Waals surface area contributed by atoms with Gasteiger partial charge in [-0.05, 0) is 30.4 Å². The molecule has 1 N–H and O–H groups in total. The number of aromatic carboxylic acids is 1. The van der Waals surface area contributed by atoms with Crippen LogP contribution in [-0.2, 0) is 6.42 Å². The Labute approximate surface area is 92.5 Å². The molecule has 1 unspecified atom stereocenters. The Balaban J connectivity index is 2.41. The summed E-state index contributed by atoms with van der Waals surface area (Å²) in [7, 11) is 0. The van der Waals surface area contributed by atoms with Crippen molar-refractivity contribution < 1.29 is 9.90 Å². The first-order valence-corrected chi connectivity index (χ1v) is 5.40. The van der Waals surface area contributed by atoms with E-state index in [0.29, 0.717) is 17.1 Å². The molecule has 3 rings (SSSR count). The molecule has 1 aliphatic rings. The second kappa shape index (κ2) is 3.07. The highest BCUT2D eigenvalue weighted by atomic mass is 16.4. The molecule has 0 amide bonds. The lowest BCUT2D eigenvalue weighted by atomic mass is 10.0. The molecule has 0 fully saturated rings. The molecular formula is C12H12N2O2. The molecule has 4 nitrogen and oxygen atoms in total. The quantitative estimate of drug-likeness (QED) is 0.794. The molecule has 0 radical (unpaired) electrons. The van der Waals surface area contributed by atoms with Crippen LogP contribution in [0.3, 0.4) is 0 Å². The highest BCUT2D eigenvalue weighted by Crippen LogP contribution is 2.34. The Morgan fingerprint density at radius 2 is 2.44 bits per heavy atom. The molecule has 0 aromatic carbocycles. The minimum Gasteiger partial charge on any atom is -0.478 e. The van der Waals surface area contributed by atoms with E-state index in [1.54, 1.807) is 12.3 Å². The Morgan fingerprint density at radius 1 is 1.62 bits per heavy atom. The van der Waals surface area contributed by atoms with E-state index >= 15 is 0 Å². The molecule has 1 aliphatic carbocycles. The van der Waals surface area contributed by atoms with Gasteiger partial charge < -0.3 is 9.51 Å². The van der Waals surface area contributed by atoms with Crippen molar-refractivity contribution in [3.63, 3.8) is 0 Å². The standard InChI is InChI=1S/C12H12N2O2/c1-7-2-3-10-8(7)6-9(12(15)16)11-13-4-5-14(10)11/h4-7H,2-3H2,1H3,(H,15,16). The molecular weight excluding hydrogens is 204 g/mol. The van der Waals surface area contributed by atoms with Crippen LogP contribution < -0.4 is 0 Å². The molecule has 1 atom stereocenters. The fourth-order valence-electron chi connectivity index (χ4n) is 2.52. The molecule has 0 spiro atoms. The molecule has 16 heavy (non-hydrogen) atoms. The number of carboxylic acid groups (broad SMARTS) is 1. The van der Waals surface area contributed by atoms with E-state index in [-0.39, 0.29) is 0 Å². The van der Waals surface area contributed by atoms with Gasteiger partial charge in [0.15, 0.2) is 5.65 Å². The molecule has 0 saturated heterocycles. The molecule has 0 saturated carbocycles. The van der Waals surface area contributed by atoms with Crippen LogP contribution in [0.15, 0.2) is 18.5 Å². The summed E-state index contributed by atoms with van der Waals surface area (Å²) < 4.78 is 1.92. The third-order valence-electron chi connectivity index (χ3n) is 3.38. The summed E-state index contributed by atoms with van der Waals surface area (Å²) in [6, 6.07) is 1.79. The molecule has 82 valence electrons. The molecule has 2 heterocycles. The van der Waals surface area contributed by atoms with E-state index in [1.165, 1.54) is 5.69 Å². The van der Waals surface area contributed by atoms with Crippen molar-refractivity contribution in [2.45, 2.75) is 25.7 Å². The molecule has 2 aromatic heterocycles. The fourth-order valence-corrected chi connectivity index (χ4v) is 2.52. The van der Waals surface area contributed by atoms with Gasteiger partial charge in [0.2, 0.25) is 0 Å². The van der Waals surface area contributed by atoms with E-state index in [2.05, 4.69) is 11.9 Å². The van der Waals surface area contributed by atoms with Crippen molar-refractivity contribution in [1.82, 2.24) is 9.38 Å². The van der Waals surface area contributed by atoms with E-state index < -0.39 is 5.97 Å². The lowest BCUT2D eigenvalue weighted by Crippen LogP contribution is -2.05. The van der Waals surface area contributed by atoms with Crippen LogP contribution in [0.2, 0.25) is 0 Å². The Bertz CT molecular complexity index is 586. The zero-order valence-electron chi connectivity index (χ0n) is 8.97. The summed E-state index contributed by atoms with van der Waals surface area (Å²) >= 11 is 0. The molecule has 2 aromatic rings. The van der Waals surface area contributed by atoms with E-state index in [9.17, 15) is 4.79 Å². The SMILES string of the molecule is CC1CCc2c1cc(C(=O)O)c1nccn21. The average molecular weight is 216 g/mol. The first-order chi connectivity index (χ1) is 7.68.